The number of amides is 1. The van der Waals surface area contributed by atoms with E-state index in [2.05, 4.69) is 15.3 Å². The highest BCUT2D eigenvalue weighted by Gasteiger charge is 2.13. The second-order valence-corrected chi connectivity index (χ2v) is 4.03. The Morgan fingerprint density at radius 2 is 2.06 bits per heavy atom. The van der Waals surface area contributed by atoms with Crippen LogP contribution in [0.3, 0.4) is 0 Å². The first-order valence-electron chi connectivity index (χ1n) is 5.15. The van der Waals surface area contributed by atoms with Crippen molar-refractivity contribution in [2.45, 2.75) is 6.92 Å². The number of halogens is 1. The summed E-state index contributed by atoms with van der Waals surface area (Å²) in [7, 11) is 0. The maximum atomic E-state index is 11.9. The van der Waals surface area contributed by atoms with E-state index in [1.54, 1.807) is 6.07 Å². The van der Waals surface area contributed by atoms with E-state index < -0.39 is 5.91 Å². The van der Waals surface area contributed by atoms with Crippen LogP contribution in [0.2, 0.25) is 5.15 Å². The van der Waals surface area contributed by atoms with E-state index in [4.69, 9.17) is 11.6 Å². The summed E-state index contributed by atoms with van der Waals surface area (Å²) in [6.07, 6.45) is 2.83. The first kappa shape index (κ1) is 12.3. The molecule has 2 N–H and O–H groups in total. The van der Waals surface area contributed by atoms with Crippen molar-refractivity contribution in [3.63, 3.8) is 0 Å². The van der Waals surface area contributed by atoms with E-state index >= 15 is 0 Å². The lowest BCUT2D eigenvalue weighted by atomic mass is 10.1. The van der Waals surface area contributed by atoms with Crippen LogP contribution in [0.5, 0.6) is 5.75 Å². The molecule has 0 radical (unpaired) electrons. The second-order valence-electron chi connectivity index (χ2n) is 3.67. The molecule has 92 valence electrons. The largest absolute Gasteiger partial charge is 0.507 e. The lowest BCUT2D eigenvalue weighted by Crippen LogP contribution is -2.13. The number of nitrogens with one attached hydrogen (secondary N) is 1. The summed E-state index contributed by atoms with van der Waals surface area (Å²) < 4.78 is 0. The second kappa shape index (κ2) is 5.01. The summed E-state index contributed by atoms with van der Waals surface area (Å²) >= 11 is 5.77. The third kappa shape index (κ3) is 2.57. The molecule has 5 nitrogen and oxygen atoms in total. The van der Waals surface area contributed by atoms with Gasteiger partial charge in [-0.05, 0) is 24.6 Å². The number of phenolic OH excluding ortho intramolecular Hbond substituents is 1. The fourth-order valence-electron chi connectivity index (χ4n) is 1.41. The van der Waals surface area contributed by atoms with Crippen LogP contribution in [-0.4, -0.2) is 21.0 Å². The van der Waals surface area contributed by atoms with Crippen LogP contribution in [0.4, 0.5) is 5.82 Å². The van der Waals surface area contributed by atoms with E-state index in [1.165, 1.54) is 24.5 Å². The Morgan fingerprint density at radius 3 is 2.72 bits per heavy atom. The number of benzene rings is 1. The molecule has 2 rings (SSSR count). The molecule has 0 atom stereocenters. The number of aromatic hydroxyl groups is 1. The normalized spacial score (nSPS) is 10.1. The van der Waals surface area contributed by atoms with Crippen molar-refractivity contribution >= 4 is 23.3 Å². The van der Waals surface area contributed by atoms with E-state index in [9.17, 15) is 9.90 Å². The summed E-state index contributed by atoms with van der Waals surface area (Å²) in [6, 6.07) is 4.77. The van der Waals surface area contributed by atoms with Gasteiger partial charge < -0.3 is 10.4 Å². The Labute approximate surface area is 108 Å². The van der Waals surface area contributed by atoms with Crippen LogP contribution in [0.1, 0.15) is 15.9 Å². The molecule has 0 aliphatic heterocycles. The van der Waals surface area contributed by atoms with Gasteiger partial charge in [0.05, 0.1) is 5.56 Å². The Kier molecular flexibility index (Phi) is 3.43. The summed E-state index contributed by atoms with van der Waals surface area (Å²) in [5.41, 5.74) is 1.02. The molecule has 0 spiro atoms. The third-order valence-electron chi connectivity index (χ3n) is 2.28. The average Bonchev–Trinajstić information content (AvgIpc) is 2.32. The highest BCUT2D eigenvalue weighted by Crippen LogP contribution is 2.21. The number of carbonyl (C=O) groups is 1. The lowest BCUT2D eigenvalue weighted by Gasteiger charge is -2.07. The number of nitrogens with zero attached hydrogens (tertiary/aromatic N) is 2. The molecule has 1 aromatic carbocycles. The Bertz CT molecular complexity index is 602. The zero-order valence-electron chi connectivity index (χ0n) is 9.51. The van der Waals surface area contributed by atoms with Gasteiger partial charge >= 0.3 is 0 Å². The molecule has 1 heterocycles. The fourth-order valence-corrected chi connectivity index (χ4v) is 1.57. The third-order valence-corrected chi connectivity index (χ3v) is 2.56. The number of carbonyl (C=O) groups excluding carboxylic acids is 1. The zero-order valence-corrected chi connectivity index (χ0v) is 10.3. The van der Waals surface area contributed by atoms with Gasteiger partial charge in [0.25, 0.3) is 5.91 Å². The molecule has 1 aromatic heterocycles. The highest BCUT2D eigenvalue weighted by molar-refractivity contribution is 6.32. The van der Waals surface area contributed by atoms with Crippen molar-refractivity contribution in [2.75, 3.05) is 5.32 Å². The summed E-state index contributed by atoms with van der Waals surface area (Å²) in [6.45, 7) is 1.82. The van der Waals surface area contributed by atoms with Gasteiger partial charge in [-0.3, -0.25) is 4.79 Å². The van der Waals surface area contributed by atoms with E-state index in [-0.39, 0.29) is 22.3 Å². The SMILES string of the molecule is Cc1ccc(C(=O)Nc2nccnc2Cl)c(O)c1. The summed E-state index contributed by atoms with van der Waals surface area (Å²) in [5, 5.41) is 12.3. The molecule has 0 saturated heterocycles. The van der Waals surface area contributed by atoms with Crippen molar-refractivity contribution in [2.24, 2.45) is 0 Å². The molecule has 0 aliphatic rings. The van der Waals surface area contributed by atoms with Crippen molar-refractivity contribution in [1.29, 1.82) is 0 Å². The number of phenols is 1. The van der Waals surface area contributed by atoms with Gasteiger partial charge in [-0.15, -0.1) is 0 Å². The van der Waals surface area contributed by atoms with E-state index in [0.29, 0.717) is 0 Å². The molecule has 0 unspecified atom stereocenters. The molecule has 0 fully saturated rings. The van der Waals surface area contributed by atoms with Crippen LogP contribution in [0.25, 0.3) is 0 Å². The Morgan fingerprint density at radius 1 is 1.33 bits per heavy atom. The molecular weight excluding hydrogens is 254 g/mol. The van der Waals surface area contributed by atoms with Gasteiger partial charge in [0.15, 0.2) is 11.0 Å². The monoisotopic (exact) mass is 263 g/mol. The number of aromatic nitrogens is 2. The van der Waals surface area contributed by atoms with E-state index in [0.717, 1.165) is 5.56 Å². The quantitative estimate of drug-likeness (QED) is 0.872. The predicted molar refractivity (Wildman–Crippen MR) is 67.8 cm³/mol. The number of rotatable bonds is 2. The minimum Gasteiger partial charge on any atom is -0.507 e. The molecule has 2 aromatic rings. The lowest BCUT2D eigenvalue weighted by molar-refractivity contribution is 0.102. The highest BCUT2D eigenvalue weighted by atomic mass is 35.5. The van der Waals surface area contributed by atoms with Gasteiger partial charge in [0.2, 0.25) is 0 Å². The molecule has 0 aliphatic carbocycles. The maximum absolute atomic E-state index is 11.9. The molecule has 0 saturated carbocycles. The minimum atomic E-state index is -0.491. The van der Waals surface area contributed by atoms with Gasteiger partial charge in [0.1, 0.15) is 5.75 Å². The number of hydrogen-bond acceptors (Lipinski definition) is 4. The first-order valence-corrected chi connectivity index (χ1v) is 5.53. The van der Waals surface area contributed by atoms with Gasteiger partial charge in [0, 0.05) is 12.4 Å². The molecule has 6 heteroatoms. The smallest absolute Gasteiger partial charge is 0.260 e. The van der Waals surface area contributed by atoms with Crippen molar-refractivity contribution < 1.29 is 9.90 Å². The van der Waals surface area contributed by atoms with Crippen LogP contribution >= 0.6 is 11.6 Å². The summed E-state index contributed by atoms with van der Waals surface area (Å²) in [4.78, 5) is 19.6. The van der Waals surface area contributed by atoms with Gasteiger partial charge in [-0.2, -0.15) is 0 Å². The topological polar surface area (TPSA) is 75.1 Å². The number of hydrogen-bond donors (Lipinski definition) is 2. The predicted octanol–water partition coefficient (Wildman–Crippen LogP) is 2.40. The van der Waals surface area contributed by atoms with Crippen LogP contribution in [0, 0.1) is 6.92 Å². The van der Waals surface area contributed by atoms with Crippen LogP contribution in [-0.2, 0) is 0 Å². The van der Waals surface area contributed by atoms with Gasteiger partial charge in [-0.1, -0.05) is 17.7 Å². The standard InChI is InChI=1S/C12H10ClN3O2/c1-7-2-3-8(9(17)6-7)12(18)16-11-10(13)14-4-5-15-11/h2-6,17H,1H3,(H,15,16,18). The molecule has 0 bridgehead atoms. The van der Waals surface area contributed by atoms with Crippen molar-refractivity contribution in [3.05, 3.63) is 46.9 Å². The van der Waals surface area contributed by atoms with E-state index in [1.807, 2.05) is 6.92 Å². The first-order chi connectivity index (χ1) is 8.58. The zero-order chi connectivity index (χ0) is 13.1. The maximum Gasteiger partial charge on any atom is 0.260 e. The number of anilines is 1. The van der Waals surface area contributed by atoms with Crippen LogP contribution < -0.4 is 5.32 Å². The molecule has 18 heavy (non-hydrogen) atoms. The van der Waals surface area contributed by atoms with Crippen molar-refractivity contribution in [3.8, 4) is 5.75 Å². The van der Waals surface area contributed by atoms with Crippen LogP contribution in [0.15, 0.2) is 30.6 Å². The Balaban J connectivity index is 2.25. The minimum absolute atomic E-state index is 0.0903. The fraction of sp³-hybridized carbons (Fsp3) is 0.0833. The Hall–Kier alpha value is -2.14. The summed E-state index contributed by atoms with van der Waals surface area (Å²) in [5.74, 6) is -0.424. The average molecular weight is 264 g/mol. The number of aryl methyl sites for hydroxylation is 1. The molecule has 1 amide bonds. The van der Waals surface area contributed by atoms with Crippen molar-refractivity contribution in [1.82, 2.24) is 9.97 Å². The van der Waals surface area contributed by atoms with Gasteiger partial charge in [-0.25, -0.2) is 9.97 Å². The molecular formula is C12H10ClN3O2.